The molecule has 0 fully saturated rings. The number of carbonyl (C=O) groups is 1. The Morgan fingerprint density at radius 2 is 2.35 bits per heavy atom. The first kappa shape index (κ1) is 13.8. The first-order valence-corrected chi connectivity index (χ1v) is 6.90. The van der Waals surface area contributed by atoms with Crippen LogP contribution < -0.4 is 5.32 Å². The molecule has 0 spiro atoms. The molecule has 0 saturated heterocycles. The monoisotopic (exact) mass is 253 g/mol. The van der Waals surface area contributed by atoms with Crippen LogP contribution in [-0.2, 0) is 0 Å². The summed E-state index contributed by atoms with van der Waals surface area (Å²) in [5.41, 5.74) is 0.616. The largest absolute Gasteiger partial charge is 0.372 e. The van der Waals surface area contributed by atoms with Gasteiger partial charge in [0.25, 0.3) is 5.91 Å². The second kappa shape index (κ2) is 6.49. The highest BCUT2D eigenvalue weighted by molar-refractivity contribution is 7.98. The Morgan fingerprint density at radius 1 is 1.65 bits per heavy atom. The van der Waals surface area contributed by atoms with E-state index < -0.39 is 0 Å². The predicted octanol–water partition coefficient (Wildman–Crippen LogP) is 1.95. The molecular weight excluding hydrogens is 234 g/mol. The van der Waals surface area contributed by atoms with Crippen molar-refractivity contribution >= 4 is 23.5 Å². The van der Waals surface area contributed by atoms with Gasteiger partial charge in [-0.25, -0.2) is 4.98 Å². The van der Waals surface area contributed by atoms with E-state index in [1.807, 2.05) is 20.2 Å². The molecule has 1 rings (SSSR count). The summed E-state index contributed by atoms with van der Waals surface area (Å²) in [6, 6.07) is 3.78. The maximum absolute atomic E-state index is 12.3. The van der Waals surface area contributed by atoms with Crippen LogP contribution in [0, 0.1) is 0 Å². The second-order valence-corrected chi connectivity index (χ2v) is 4.78. The van der Waals surface area contributed by atoms with E-state index in [1.54, 1.807) is 42.0 Å². The van der Waals surface area contributed by atoms with Gasteiger partial charge in [-0.15, -0.1) is 0 Å². The van der Waals surface area contributed by atoms with Gasteiger partial charge in [0, 0.05) is 32.1 Å². The van der Waals surface area contributed by atoms with Crippen LogP contribution in [0.15, 0.2) is 18.3 Å². The average molecular weight is 253 g/mol. The van der Waals surface area contributed by atoms with E-state index in [1.165, 1.54) is 0 Å². The lowest BCUT2D eigenvalue weighted by Crippen LogP contribution is -2.37. The number of nitrogens with zero attached hydrogens (tertiary/aromatic N) is 2. The number of aromatic nitrogens is 1. The quantitative estimate of drug-likeness (QED) is 0.871. The topological polar surface area (TPSA) is 45.2 Å². The van der Waals surface area contributed by atoms with Crippen LogP contribution in [0.25, 0.3) is 0 Å². The highest BCUT2D eigenvalue weighted by Gasteiger charge is 2.19. The Bertz CT molecular complexity index is 384. The van der Waals surface area contributed by atoms with Crippen molar-refractivity contribution in [1.82, 2.24) is 9.88 Å². The summed E-state index contributed by atoms with van der Waals surface area (Å²) < 4.78 is 0. The fraction of sp³-hybridized carbons (Fsp3) is 0.500. The molecule has 1 atom stereocenters. The summed E-state index contributed by atoms with van der Waals surface area (Å²) in [5, 5.41) is 2.94. The molecule has 1 amide bonds. The van der Waals surface area contributed by atoms with Crippen LogP contribution >= 0.6 is 11.8 Å². The molecule has 0 aliphatic carbocycles. The summed E-state index contributed by atoms with van der Waals surface area (Å²) in [7, 11) is 3.60. The molecule has 1 aromatic heterocycles. The lowest BCUT2D eigenvalue weighted by Gasteiger charge is -2.25. The smallest absolute Gasteiger partial charge is 0.257 e. The van der Waals surface area contributed by atoms with Crippen molar-refractivity contribution in [3.05, 3.63) is 23.9 Å². The van der Waals surface area contributed by atoms with Crippen LogP contribution in [-0.4, -0.2) is 47.9 Å². The van der Waals surface area contributed by atoms with Gasteiger partial charge in [-0.1, -0.05) is 0 Å². The van der Waals surface area contributed by atoms with Gasteiger partial charge in [0.1, 0.15) is 5.82 Å². The van der Waals surface area contributed by atoms with Crippen molar-refractivity contribution < 1.29 is 4.79 Å². The highest BCUT2D eigenvalue weighted by atomic mass is 32.2. The third-order valence-electron chi connectivity index (χ3n) is 2.66. The summed E-state index contributed by atoms with van der Waals surface area (Å²) >= 11 is 1.74. The van der Waals surface area contributed by atoms with Crippen LogP contribution in [0.1, 0.15) is 17.3 Å². The average Bonchev–Trinajstić information content (AvgIpc) is 2.37. The van der Waals surface area contributed by atoms with Crippen molar-refractivity contribution in [3.63, 3.8) is 0 Å². The van der Waals surface area contributed by atoms with Crippen molar-refractivity contribution in [3.8, 4) is 0 Å². The number of rotatable bonds is 5. The van der Waals surface area contributed by atoms with E-state index in [-0.39, 0.29) is 11.9 Å². The molecule has 0 aromatic carbocycles. The summed E-state index contributed by atoms with van der Waals surface area (Å²) in [5.74, 6) is 1.56. The standard InChI is InChI=1S/C12H19N3OS/c1-9(8-17-4)15(3)12(16)10-6-5-7-14-11(10)13-2/h5-7,9H,8H2,1-4H3,(H,13,14). The van der Waals surface area contributed by atoms with E-state index in [9.17, 15) is 4.79 Å². The molecule has 0 bridgehead atoms. The molecule has 0 aliphatic heterocycles. The number of carbonyl (C=O) groups excluding carboxylic acids is 1. The molecule has 0 aliphatic rings. The number of hydrogen-bond donors (Lipinski definition) is 1. The maximum atomic E-state index is 12.3. The molecule has 5 heteroatoms. The van der Waals surface area contributed by atoms with Crippen molar-refractivity contribution in [2.75, 3.05) is 31.4 Å². The van der Waals surface area contributed by atoms with Crippen molar-refractivity contribution in [2.45, 2.75) is 13.0 Å². The van der Waals surface area contributed by atoms with E-state index >= 15 is 0 Å². The zero-order chi connectivity index (χ0) is 12.8. The predicted molar refractivity (Wildman–Crippen MR) is 73.7 cm³/mol. The summed E-state index contributed by atoms with van der Waals surface area (Å²) in [6.45, 7) is 2.05. The normalized spacial score (nSPS) is 12.0. The minimum atomic E-state index is 0.00370. The number of thioether (sulfide) groups is 1. The maximum Gasteiger partial charge on any atom is 0.257 e. The van der Waals surface area contributed by atoms with Gasteiger partial charge >= 0.3 is 0 Å². The molecule has 1 heterocycles. The lowest BCUT2D eigenvalue weighted by molar-refractivity contribution is 0.0758. The minimum Gasteiger partial charge on any atom is -0.372 e. The first-order valence-electron chi connectivity index (χ1n) is 5.50. The fourth-order valence-electron chi connectivity index (χ4n) is 1.52. The molecule has 94 valence electrons. The zero-order valence-electron chi connectivity index (χ0n) is 10.7. The number of nitrogens with one attached hydrogen (secondary N) is 1. The molecule has 1 aromatic rings. The van der Waals surface area contributed by atoms with Crippen molar-refractivity contribution in [2.24, 2.45) is 0 Å². The van der Waals surface area contributed by atoms with Gasteiger partial charge < -0.3 is 10.2 Å². The molecule has 0 radical (unpaired) electrons. The van der Waals surface area contributed by atoms with Crippen LogP contribution in [0.3, 0.4) is 0 Å². The van der Waals surface area contributed by atoms with Gasteiger partial charge in [0.05, 0.1) is 5.56 Å². The third kappa shape index (κ3) is 3.36. The molecule has 4 nitrogen and oxygen atoms in total. The molecule has 0 saturated carbocycles. The molecular formula is C12H19N3OS. The first-order chi connectivity index (χ1) is 8.11. The highest BCUT2D eigenvalue weighted by Crippen LogP contribution is 2.15. The SMILES string of the molecule is CNc1ncccc1C(=O)N(C)C(C)CSC. The molecule has 17 heavy (non-hydrogen) atoms. The number of pyridine rings is 1. The van der Waals surface area contributed by atoms with Crippen LogP contribution in [0.4, 0.5) is 5.82 Å². The van der Waals surface area contributed by atoms with Gasteiger partial charge in [0.2, 0.25) is 0 Å². The van der Waals surface area contributed by atoms with Gasteiger partial charge in [-0.2, -0.15) is 11.8 Å². The molecule has 1 N–H and O–H groups in total. The Hall–Kier alpha value is -1.23. The van der Waals surface area contributed by atoms with E-state index in [4.69, 9.17) is 0 Å². The number of amides is 1. The fourth-order valence-corrected chi connectivity index (χ4v) is 2.23. The van der Waals surface area contributed by atoms with E-state index in [0.717, 1.165) is 5.75 Å². The van der Waals surface area contributed by atoms with Crippen molar-refractivity contribution in [1.29, 1.82) is 0 Å². The van der Waals surface area contributed by atoms with Crippen LogP contribution in [0.5, 0.6) is 0 Å². The lowest BCUT2D eigenvalue weighted by atomic mass is 10.2. The Kier molecular flexibility index (Phi) is 5.28. The van der Waals surface area contributed by atoms with E-state index in [0.29, 0.717) is 11.4 Å². The summed E-state index contributed by atoms with van der Waals surface area (Å²) in [4.78, 5) is 18.2. The van der Waals surface area contributed by atoms with Gasteiger partial charge in [0.15, 0.2) is 0 Å². The summed E-state index contributed by atoms with van der Waals surface area (Å²) in [6.07, 6.45) is 3.71. The number of hydrogen-bond acceptors (Lipinski definition) is 4. The Morgan fingerprint density at radius 3 is 2.94 bits per heavy atom. The van der Waals surface area contributed by atoms with E-state index in [2.05, 4.69) is 10.3 Å². The third-order valence-corrected chi connectivity index (χ3v) is 3.48. The minimum absolute atomic E-state index is 0.00370. The Labute approximate surface area is 107 Å². The van der Waals surface area contributed by atoms with Crippen LogP contribution in [0.2, 0.25) is 0 Å². The van der Waals surface area contributed by atoms with Gasteiger partial charge in [-0.3, -0.25) is 4.79 Å². The Balaban J connectivity index is 2.88. The molecule has 1 unspecified atom stereocenters. The number of anilines is 1. The van der Waals surface area contributed by atoms with Gasteiger partial charge in [-0.05, 0) is 25.3 Å². The second-order valence-electron chi connectivity index (χ2n) is 3.87. The zero-order valence-corrected chi connectivity index (χ0v) is 11.5.